The number of carbonyl (C=O) groups is 2. The summed E-state index contributed by atoms with van der Waals surface area (Å²) in [6.45, 7) is 0. The zero-order valence-corrected chi connectivity index (χ0v) is 7.81. The van der Waals surface area contributed by atoms with Crippen LogP contribution >= 0.6 is 0 Å². The van der Waals surface area contributed by atoms with Crippen LogP contribution in [0.25, 0.3) is 0 Å². The molecule has 0 N–H and O–H groups in total. The highest BCUT2D eigenvalue weighted by atomic mass is 19.3. The first-order valence-electron chi connectivity index (χ1n) is 4.29. The van der Waals surface area contributed by atoms with Gasteiger partial charge in [-0.3, -0.25) is 0 Å². The quantitative estimate of drug-likeness (QED) is 0.436. The second kappa shape index (κ2) is 5.74. The van der Waals surface area contributed by atoms with E-state index in [2.05, 4.69) is 9.68 Å². The number of rotatable bonds is 4. The van der Waals surface area contributed by atoms with Gasteiger partial charge in [0.2, 0.25) is 0 Å². The zero-order valence-electron chi connectivity index (χ0n) is 7.81. The first-order valence-corrected chi connectivity index (χ1v) is 4.29. The molecule has 0 unspecified atom stereocenters. The smallest absolute Gasteiger partial charge is 0.393 e. The predicted molar refractivity (Wildman–Crippen MR) is 49.0 cm³/mol. The maximum Gasteiger partial charge on any atom is 0.550 e. The minimum Gasteiger partial charge on any atom is -0.393 e. The summed E-state index contributed by atoms with van der Waals surface area (Å²) >= 11 is 0. The minimum atomic E-state index is -1.41. The molecule has 0 spiro atoms. The molecule has 0 aliphatic carbocycles. The predicted octanol–water partition coefficient (Wildman–Crippen LogP) is 2.22. The van der Waals surface area contributed by atoms with Gasteiger partial charge in [-0.05, 0) is 24.1 Å². The summed E-state index contributed by atoms with van der Waals surface area (Å²) in [5.41, 5.74) is 0.933. The Morgan fingerprint density at radius 3 is 2.53 bits per heavy atom. The SMILES string of the molecule is O=CCCc1ccc(OC(=O)OF)cc1. The van der Waals surface area contributed by atoms with Crippen molar-refractivity contribution in [2.24, 2.45) is 0 Å². The van der Waals surface area contributed by atoms with Gasteiger partial charge in [0, 0.05) is 10.9 Å². The fraction of sp³-hybridized carbons (Fsp3) is 0.200. The Balaban J connectivity index is 2.55. The molecular weight excluding hydrogens is 203 g/mol. The number of hydrogen-bond acceptors (Lipinski definition) is 4. The molecule has 5 heteroatoms. The maximum atomic E-state index is 11.3. The van der Waals surface area contributed by atoms with E-state index in [4.69, 9.17) is 0 Å². The number of carbonyl (C=O) groups excluding carboxylic acids is 2. The average molecular weight is 212 g/mol. The molecule has 0 saturated heterocycles. The third kappa shape index (κ3) is 3.76. The molecule has 15 heavy (non-hydrogen) atoms. The first kappa shape index (κ1) is 11.2. The monoisotopic (exact) mass is 212 g/mol. The van der Waals surface area contributed by atoms with Crippen molar-refractivity contribution in [3.8, 4) is 5.75 Å². The Morgan fingerprint density at radius 2 is 2.00 bits per heavy atom. The van der Waals surface area contributed by atoms with Crippen molar-refractivity contribution < 1.29 is 23.8 Å². The van der Waals surface area contributed by atoms with Gasteiger partial charge in [-0.2, -0.15) is 4.79 Å². The molecule has 0 bridgehead atoms. The van der Waals surface area contributed by atoms with E-state index in [1.807, 2.05) is 0 Å². The fourth-order valence-corrected chi connectivity index (χ4v) is 1.06. The van der Waals surface area contributed by atoms with Crippen LogP contribution in [0.5, 0.6) is 5.75 Å². The van der Waals surface area contributed by atoms with Crippen molar-refractivity contribution in [3.05, 3.63) is 29.8 Å². The summed E-state index contributed by atoms with van der Waals surface area (Å²) < 4.78 is 15.7. The van der Waals surface area contributed by atoms with Crippen LogP contribution in [0.4, 0.5) is 9.32 Å². The van der Waals surface area contributed by atoms with E-state index in [9.17, 15) is 14.1 Å². The van der Waals surface area contributed by atoms with Crippen molar-refractivity contribution in [1.29, 1.82) is 0 Å². The van der Waals surface area contributed by atoms with Gasteiger partial charge in [0.05, 0.1) is 0 Å². The maximum absolute atomic E-state index is 11.3. The van der Waals surface area contributed by atoms with Crippen LogP contribution in [-0.4, -0.2) is 12.4 Å². The topological polar surface area (TPSA) is 52.6 Å². The summed E-state index contributed by atoms with van der Waals surface area (Å²) in [6, 6.07) is 6.36. The second-order valence-electron chi connectivity index (χ2n) is 2.78. The summed E-state index contributed by atoms with van der Waals surface area (Å²) in [4.78, 5) is 23.3. The van der Waals surface area contributed by atoms with Crippen molar-refractivity contribution >= 4 is 12.4 Å². The lowest BCUT2D eigenvalue weighted by Gasteiger charge is -2.01. The Morgan fingerprint density at radius 1 is 1.33 bits per heavy atom. The highest BCUT2D eigenvalue weighted by Gasteiger charge is 2.05. The van der Waals surface area contributed by atoms with E-state index in [0.29, 0.717) is 12.8 Å². The molecule has 0 saturated carbocycles. The fourth-order valence-electron chi connectivity index (χ4n) is 1.06. The van der Waals surface area contributed by atoms with E-state index in [-0.39, 0.29) is 5.75 Å². The molecule has 0 aliphatic heterocycles. The molecule has 0 radical (unpaired) electrons. The molecule has 1 aromatic carbocycles. The molecule has 0 fully saturated rings. The van der Waals surface area contributed by atoms with Gasteiger partial charge in [0.1, 0.15) is 12.0 Å². The number of halogens is 1. The second-order valence-corrected chi connectivity index (χ2v) is 2.78. The largest absolute Gasteiger partial charge is 0.550 e. The molecule has 0 amide bonds. The summed E-state index contributed by atoms with van der Waals surface area (Å²) in [5.74, 6) is 0.188. The number of aryl methyl sites for hydroxylation is 1. The summed E-state index contributed by atoms with van der Waals surface area (Å²) in [6.07, 6.45) is 0.477. The molecule has 1 aromatic rings. The molecule has 80 valence electrons. The van der Waals surface area contributed by atoms with E-state index < -0.39 is 6.16 Å². The Kier molecular flexibility index (Phi) is 4.28. The lowest BCUT2D eigenvalue weighted by Crippen LogP contribution is -2.05. The van der Waals surface area contributed by atoms with Gasteiger partial charge in [0.25, 0.3) is 0 Å². The molecule has 0 atom stereocenters. The standard InChI is InChI=1S/C10H9FO4/c11-15-10(13)14-9-5-3-8(4-6-9)2-1-7-12/h3-7H,1-2H2. The first-order chi connectivity index (χ1) is 7.26. The van der Waals surface area contributed by atoms with Crippen LogP contribution in [0, 0.1) is 0 Å². The lowest BCUT2D eigenvalue weighted by atomic mass is 10.1. The number of aldehydes is 1. The van der Waals surface area contributed by atoms with Gasteiger partial charge < -0.3 is 9.53 Å². The number of hydrogen-bond donors (Lipinski definition) is 0. The Hall–Kier alpha value is -1.91. The van der Waals surface area contributed by atoms with Gasteiger partial charge in [0.15, 0.2) is 0 Å². The van der Waals surface area contributed by atoms with Crippen LogP contribution in [0.2, 0.25) is 0 Å². The van der Waals surface area contributed by atoms with Crippen LogP contribution in [0.1, 0.15) is 12.0 Å². The molecule has 0 aromatic heterocycles. The third-order valence-electron chi connectivity index (χ3n) is 1.74. The normalized spacial score (nSPS) is 9.40. The average Bonchev–Trinajstić information content (AvgIpc) is 2.28. The summed E-state index contributed by atoms with van der Waals surface area (Å²) in [5, 5.41) is 0. The van der Waals surface area contributed by atoms with Crippen LogP contribution in [0.3, 0.4) is 0 Å². The highest BCUT2D eigenvalue weighted by molar-refractivity contribution is 5.62. The van der Waals surface area contributed by atoms with Gasteiger partial charge in [-0.25, -0.2) is 4.94 Å². The molecule has 0 heterocycles. The van der Waals surface area contributed by atoms with Gasteiger partial charge in [-0.1, -0.05) is 12.1 Å². The van der Waals surface area contributed by atoms with Crippen molar-refractivity contribution in [2.75, 3.05) is 0 Å². The van der Waals surface area contributed by atoms with E-state index >= 15 is 0 Å². The van der Waals surface area contributed by atoms with Crippen molar-refractivity contribution in [3.63, 3.8) is 0 Å². The van der Waals surface area contributed by atoms with Crippen LogP contribution < -0.4 is 4.74 Å². The van der Waals surface area contributed by atoms with E-state index in [1.54, 1.807) is 12.1 Å². The highest BCUT2D eigenvalue weighted by Crippen LogP contribution is 2.13. The van der Waals surface area contributed by atoms with Crippen molar-refractivity contribution in [2.45, 2.75) is 12.8 Å². The third-order valence-corrected chi connectivity index (χ3v) is 1.74. The minimum absolute atomic E-state index is 0.188. The lowest BCUT2D eigenvalue weighted by molar-refractivity contribution is -0.107. The molecule has 4 nitrogen and oxygen atoms in total. The van der Waals surface area contributed by atoms with E-state index in [0.717, 1.165) is 11.8 Å². The summed E-state index contributed by atoms with van der Waals surface area (Å²) in [7, 11) is 0. The van der Waals surface area contributed by atoms with Crippen LogP contribution in [-0.2, 0) is 16.2 Å². The van der Waals surface area contributed by atoms with Crippen molar-refractivity contribution in [1.82, 2.24) is 0 Å². The molecular formula is C10H9FO4. The van der Waals surface area contributed by atoms with E-state index in [1.165, 1.54) is 12.1 Å². The Labute approximate surface area is 85.5 Å². The Bertz CT molecular complexity index is 334. The van der Waals surface area contributed by atoms with Gasteiger partial charge >= 0.3 is 6.16 Å². The number of benzene rings is 1. The van der Waals surface area contributed by atoms with Gasteiger partial charge in [-0.15, -0.1) is 0 Å². The molecule has 1 rings (SSSR count). The van der Waals surface area contributed by atoms with Crippen LogP contribution in [0.15, 0.2) is 24.3 Å². The molecule has 0 aliphatic rings. The number of ether oxygens (including phenoxy) is 1. The zero-order chi connectivity index (χ0) is 11.1.